The third-order valence-electron chi connectivity index (χ3n) is 4.86. The number of benzene rings is 1. The van der Waals surface area contributed by atoms with Gasteiger partial charge in [0, 0.05) is 52.5 Å². The lowest BCUT2D eigenvalue weighted by molar-refractivity contribution is 0.0828. The highest BCUT2D eigenvalue weighted by Crippen LogP contribution is 2.23. The van der Waals surface area contributed by atoms with E-state index >= 15 is 0 Å². The normalized spacial score (nSPS) is 14.1. The van der Waals surface area contributed by atoms with E-state index in [1.165, 1.54) is 12.1 Å². The van der Waals surface area contributed by atoms with E-state index < -0.39 is 0 Å². The molecule has 7 heteroatoms. The zero-order valence-electron chi connectivity index (χ0n) is 16.8. The zero-order chi connectivity index (χ0) is 20.1. The second kappa shape index (κ2) is 8.91. The number of hydrogen-bond donors (Lipinski definition) is 1. The van der Waals surface area contributed by atoms with Crippen LogP contribution in [0.1, 0.15) is 23.7 Å². The van der Waals surface area contributed by atoms with Gasteiger partial charge in [-0.2, -0.15) is 0 Å². The number of aromatic nitrogens is 1. The Labute approximate surface area is 166 Å². The van der Waals surface area contributed by atoms with Crippen molar-refractivity contribution in [2.75, 3.05) is 61.9 Å². The van der Waals surface area contributed by atoms with Gasteiger partial charge in [-0.1, -0.05) is 6.92 Å². The molecule has 2 aromatic rings. The van der Waals surface area contributed by atoms with Crippen molar-refractivity contribution in [1.82, 2.24) is 9.88 Å². The standard InChI is InChI=1S/C21H28FN5O/c1-4-11-23-20-18(21(28)25(2)3)9-10-19(24-20)27-14-12-26(13-15-27)17-7-5-16(22)6-8-17/h5-10H,4,11-15H2,1-3H3,(H,23,24). The Hall–Kier alpha value is -2.83. The molecule has 0 saturated carbocycles. The van der Waals surface area contributed by atoms with Crippen LogP contribution in [0.25, 0.3) is 0 Å². The number of amides is 1. The van der Waals surface area contributed by atoms with Gasteiger partial charge in [0.25, 0.3) is 5.91 Å². The van der Waals surface area contributed by atoms with Gasteiger partial charge in [-0.25, -0.2) is 9.37 Å². The van der Waals surface area contributed by atoms with Crippen LogP contribution < -0.4 is 15.1 Å². The molecule has 3 rings (SSSR count). The summed E-state index contributed by atoms with van der Waals surface area (Å²) in [5.41, 5.74) is 1.62. The number of halogens is 1. The highest BCUT2D eigenvalue weighted by Gasteiger charge is 2.21. The van der Waals surface area contributed by atoms with Crippen LogP contribution in [0.5, 0.6) is 0 Å². The quantitative estimate of drug-likeness (QED) is 0.828. The maximum atomic E-state index is 13.1. The molecule has 0 radical (unpaired) electrons. The van der Waals surface area contributed by atoms with Gasteiger partial charge in [0.05, 0.1) is 5.56 Å². The Morgan fingerprint density at radius 3 is 2.32 bits per heavy atom. The first-order valence-electron chi connectivity index (χ1n) is 9.71. The van der Waals surface area contributed by atoms with Crippen LogP contribution in [0.4, 0.5) is 21.7 Å². The summed E-state index contributed by atoms with van der Waals surface area (Å²) in [6.45, 7) is 6.16. The Bertz CT molecular complexity index is 801. The van der Waals surface area contributed by atoms with Crippen molar-refractivity contribution in [2.24, 2.45) is 0 Å². The summed E-state index contributed by atoms with van der Waals surface area (Å²) in [4.78, 5) is 23.2. The van der Waals surface area contributed by atoms with Gasteiger partial charge in [-0.3, -0.25) is 4.79 Å². The number of anilines is 3. The number of rotatable bonds is 6. The lowest BCUT2D eigenvalue weighted by Crippen LogP contribution is -2.46. The molecule has 1 amide bonds. The summed E-state index contributed by atoms with van der Waals surface area (Å²) in [5.74, 6) is 1.23. The summed E-state index contributed by atoms with van der Waals surface area (Å²) in [7, 11) is 3.49. The molecule has 1 aromatic carbocycles. The Balaban J connectivity index is 1.73. The van der Waals surface area contributed by atoms with E-state index in [2.05, 4.69) is 22.0 Å². The summed E-state index contributed by atoms with van der Waals surface area (Å²) in [5, 5.41) is 3.29. The summed E-state index contributed by atoms with van der Waals surface area (Å²) >= 11 is 0. The van der Waals surface area contributed by atoms with Gasteiger partial charge in [0.15, 0.2) is 0 Å². The number of pyridine rings is 1. The van der Waals surface area contributed by atoms with Crippen molar-refractivity contribution in [2.45, 2.75) is 13.3 Å². The number of carbonyl (C=O) groups is 1. The first-order valence-corrected chi connectivity index (χ1v) is 9.71. The van der Waals surface area contributed by atoms with Crippen LogP contribution in [0, 0.1) is 5.82 Å². The first kappa shape index (κ1) is 19.9. The van der Waals surface area contributed by atoms with E-state index in [-0.39, 0.29) is 11.7 Å². The van der Waals surface area contributed by atoms with Gasteiger partial charge in [0.2, 0.25) is 0 Å². The van der Waals surface area contributed by atoms with Crippen LogP contribution in [0.2, 0.25) is 0 Å². The highest BCUT2D eigenvalue weighted by molar-refractivity contribution is 5.98. The molecule has 150 valence electrons. The second-order valence-corrected chi connectivity index (χ2v) is 7.14. The Morgan fingerprint density at radius 1 is 1.07 bits per heavy atom. The van der Waals surface area contributed by atoms with E-state index in [0.29, 0.717) is 11.4 Å². The van der Waals surface area contributed by atoms with E-state index in [1.807, 2.05) is 24.3 Å². The third-order valence-corrected chi connectivity index (χ3v) is 4.86. The summed E-state index contributed by atoms with van der Waals surface area (Å²) < 4.78 is 13.1. The maximum Gasteiger partial charge on any atom is 0.257 e. The van der Waals surface area contributed by atoms with Crippen molar-refractivity contribution >= 4 is 23.2 Å². The monoisotopic (exact) mass is 385 g/mol. The molecule has 1 saturated heterocycles. The van der Waals surface area contributed by atoms with Crippen LogP contribution >= 0.6 is 0 Å². The lowest BCUT2D eigenvalue weighted by atomic mass is 10.2. The molecule has 0 spiro atoms. The molecular weight excluding hydrogens is 357 g/mol. The number of nitrogens with one attached hydrogen (secondary N) is 1. The SMILES string of the molecule is CCCNc1nc(N2CCN(c3ccc(F)cc3)CC2)ccc1C(=O)N(C)C. The van der Waals surface area contributed by atoms with Gasteiger partial charge in [0.1, 0.15) is 17.5 Å². The average molecular weight is 385 g/mol. The molecule has 1 fully saturated rings. The van der Waals surface area contributed by atoms with Crippen molar-refractivity contribution < 1.29 is 9.18 Å². The lowest BCUT2D eigenvalue weighted by Gasteiger charge is -2.37. The maximum absolute atomic E-state index is 13.1. The average Bonchev–Trinajstić information content (AvgIpc) is 2.72. The molecule has 0 atom stereocenters. The highest BCUT2D eigenvalue weighted by atomic mass is 19.1. The molecule has 1 aromatic heterocycles. The van der Waals surface area contributed by atoms with E-state index in [1.54, 1.807) is 19.0 Å². The van der Waals surface area contributed by atoms with Gasteiger partial charge < -0.3 is 20.0 Å². The van der Waals surface area contributed by atoms with Crippen molar-refractivity contribution in [1.29, 1.82) is 0 Å². The van der Waals surface area contributed by atoms with Crippen LogP contribution in [0.15, 0.2) is 36.4 Å². The molecule has 1 aliphatic rings. The number of piperazine rings is 1. The smallest absolute Gasteiger partial charge is 0.257 e. The summed E-state index contributed by atoms with van der Waals surface area (Å²) in [6, 6.07) is 10.4. The minimum absolute atomic E-state index is 0.0567. The molecule has 1 aliphatic heterocycles. The minimum atomic E-state index is -0.217. The fourth-order valence-electron chi connectivity index (χ4n) is 3.26. The van der Waals surface area contributed by atoms with Crippen molar-refractivity contribution in [3.8, 4) is 0 Å². The molecule has 28 heavy (non-hydrogen) atoms. The third kappa shape index (κ3) is 4.52. The molecular formula is C21H28FN5O. The van der Waals surface area contributed by atoms with Crippen LogP contribution in [0.3, 0.4) is 0 Å². The first-order chi connectivity index (χ1) is 13.5. The van der Waals surface area contributed by atoms with E-state index in [9.17, 15) is 9.18 Å². The minimum Gasteiger partial charge on any atom is -0.369 e. The number of nitrogens with zero attached hydrogens (tertiary/aromatic N) is 4. The molecule has 1 N–H and O–H groups in total. The Morgan fingerprint density at radius 2 is 1.71 bits per heavy atom. The second-order valence-electron chi connectivity index (χ2n) is 7.14. The van der Waals surface area contributed by atoms with Crippen LogP contribution in [-0.2, 0) is 0 Å². The molecule has 6 nitrogen and oxygen atoms in total. The summed E-state index contributed by atoms with van der Waals surface area (Å²) in [6.07, 6.45) is 0.956. The van der Waals surface area contributed by atoms with E-state index in [0.717, 1.165) is 50.6 Å². The Kier molecular flexibility index (Phi) is 6.34. The molecule has 0 unspecified atom stereocenters. The number of hydrogen-bond acceptors (Lipinski definition) is 5. The van der Waals surface area contributed by atoms with E-state index in [4.69, 9.17) is 4.98 Å². The van der Waals surface area contributed by atoms with Gasteiger partial charge >= 0.3 is 0 Å². The van der Waals surface area contributed by atoms with Gasteiger partial charge in [-0.05, 0) is 42.8 Å². The largest absolute Gasteiger partial charge is 0.369 e. The molecule has 0 bridgehead atoms. The number of carbonyl (C=O) groups excluding carboxylic acids is 1. The fourth-order valence-corrected chi connectivity index (χ4v) is 3.26. The topological polar surface area (TPSA) is 51.7 Å². The fraction of sp³-hybridized carbons (Fsp3) is 0.429. The van der Waals surface area contributed by atoms with Crippen molar-refractivity contribution in [3.05, 3.63) is 47.8 Å². The van der Waals surface area contributed by atoms with Crippen molar-refractivity contribution in [3.63, 3.8) is 0 Å². The molecule has 2 heterocycles. The predicted molar refractivity (Wildman–Crippen MR) is 112 cm³/mol. The zero-order valence-corrected chi connectivity index (χ0v) is 16.8. The van der Waals surface area contributed by atoms with Crippen LogP contribution in [-0.4, -0.2) is 62.6 Å². The molecule has 0 aliphatic carbocycles. The predicted octanol–water partition coefficient (Wildman–Crippen LogP) is 3.07. The van der Waals surface area contributed by atoms with Gasteiger partial charge in [-0.15, -0.1) is 0 Å².